The van der Waals surface area contributed by atoms with Crippen molar-refractivity contribution >= 4 is 46.5 Å². The molecule has 0 radical (unpaired) electrons. The average molecular weight is 340 g/mol. The highest BCUT2D eigenvalue weighted by molar-refractivity contribution is 6.40. The van der Waals surface area contributed by atoms with Crippen LogP contribution in [0.3, 0.4) is 0 Å². The first-order valence-electron chi connectivity index (χ1n) is 5.53. The quantitative estimate of drug-likeness (QED) is 0.284. The molecule has 5 nitrogen and oxygen atoms in total. The Bertz CT molecular complexity index is 524. The number of hydrogen-bond acceptors (Lipinski definition) is 5. The Hall–Kier alpha value is -1.14. The maximum Gasteiger partial charge on any atom is 0.359 e. The summed E-state index contributed by atoms with van der Waals surface area (Å²) >= 11 is 18.0. The SMILES string of the molecule is CCOC(=O)C(NN)=C(OC)c1c(Cl)cc(Cl)cc1Cl. The molecule has 1 aromatic carbocycles. The predicted molar refractivity (Wildman–Crippen MR) is 79.4 cm³/mol. The molecule has 3 N–H and O–H groups in total. The lowest BCUT2D eigenvalue weighted by atomic mass is 10.1. The highest BCUT2D eigenvalue weighted by Crippen LogP contribution is 2.35. The first-order chi connectivity index (χ1) is 9.46. The van der Waals surface area contributed by atoms with Crippen LogP contribution >= 0.6 is 34.8 Å². The number of ether oxygens (including phenoxy) is 2. The molecule has 0 saturated heterocycles. The molecule has 0 aliphatic heterocycles. The van der Waals surface area contributed by atoms with Gasteiger partial charge in [-0.25, -0.2) is 4.79 Å². The van der Waals surface area contributed by atoms with E-state index in [0.717, 1.165) is 0 Å². The van der Waals surface area contributed by atoms with E-state index in [1.807, 2.05) is 0 Å². The smallest absolute Gasteiger partial charge is 0.359 e. The molecular formula is C12H13Cl3N2O3. The van der Waals surface area contributed by atoms with Gasteiger partial charge in [0.15, 0.2) is 11.5 Å². The fourth-order valence-electron chi connectivity index (χ4n) is 1.51. The van der Waals surface area contributed by atoms with Crippen molar-refractivity contribution in [1.82, 2.24) is 5.43 Å². The van der Waals surface area contributed by atoms with E-state index in [1.54, 1.807) is 6.92 Å². The van der Waals surface area contributed by atoms with Crippen LogP contribution in [-0.2, 0) is 14.3 Å². The van der Waals surface area contributed by atoms with Crippen LogP contribution in [0.2, 0.25) is 15.1 Å². The Labute approximate surface area is 131 Å². The third-order valence-corrected chi connectivity index (χ3v) is 3.10. The molecule has 0 aliphatic rings. The van der Waals surface area contributed by atoms with Crippen molar-refractivity contribution in [2.24, 2.45) is 5.84 Å². The Balaban J connectivity index is 3.48. The van der Waals surface area contributed by atoms with E-state index in [-0.39, 0.29) is 28.1 Å². The number of carbonyl (C=O) groups excluding carboxylic acids is 1. The van der Waals surface area contributed by atoms with Crippen molar-refractivity contribution in [2.75, 3.05) is 13.7 Å². The molecule has 0 aromatic heterocycles. The molecule has 20 heavy (non-hydrogen) atoms. The summed E-state index contributed by atoms with van der Waals surface area (Å²) in [5.41, 5.74) is 2.43. The predicted octanol–water partition coefficient (Wildman–Crippen LogP) is 2.99. The van der Waals surface area contributed by atoms with E-state index in [1.165, 1.54) is 19.2 Å². The van der Waals surface area contributed by atoms with Gasteiger partial charge in [-0.05, 0) is 19.1 Å². The topological polar surface area (TPSA) is 73.6 Å². The minimum atomic E-state index is -0.686. The molecule has 0 heterocycles. The van der Waals surface area contributed by atoms with Gasteiger partial charge < -0.3 is 14.9 Å². The zero-order valence-electron chi connectivity index (χ0n) is 10.8. The highest BCUT2D eigenvalue weighted by Gasteiger charge is 2.22. The number of halogens is 3. The maximum atomic E-state index is 11.8. The lowest BCUT2D eigenvalue weighted by molar-refractivity contribution is -0.139. The second-order valence-electron chi connectivity index (χ2n) is 3.52. The fourth-order valence-corrected chi connectivity index (χ4v) is 2.50. The largest absolute Gasteiger partial charge is 0.494 e. The second-order valence-corrected chi connectivity index (χ2v) is 4.77. The third kappa shape index (κ3) is 3.70. The van der Waals surface area contributed by atoms with Gasteiger partial charge in [0.25, 0.3) is 0 Å². The van der Waals surface area contributed by atoms with Gasteiger partial charge in [0.1, 0.15) is 0 Å². The molecule has 0 spiro atoms. The zero-order chi connectivity index (χ0) is 15.3. The molecule has 1 aromatic rings. The van der Waals surface area contributed by atoms with Crippen LogP contribution in [0, 0.1) is 0 Å². The van der Waals surface area contributed by atoms with Gasteiger partial charge in [-0.3, -0.25) is 5.84 Å². The van der Waals surface area contributed by atoms with Gasteiger partial charge in [0, 0.05) is 5.02 Å². The molecule has 8 heteroatoms. The van der Waals surface area contributed by atoms with Crippen molar-refractivity contribution in [1.29, 1.82) is 0 Å². The molecule has 0 amide bonds. The van der Waals surface area contributed by atoms with Crippen LogP contribution in [0.25, 0.3) is 5.76 Å². The number of nitrogens with one attached hydrogen (secondary N) is 1. The lowest BCUT2D eigenvalue weighted by Gasteiger charge is -2.15. The van der Waals surface area contributed by atoms with E-state index < -0.39 is 5.97 Å². The summed E-state index contributed by atoms with van der Waals surface area (Å²) in [5.74, 6) is 4.73. The van der Waals surface area contributed by atoms with Crippen LogP contribution in [0.5, 0.6) is 0 Å². The molecule has 110 valence electrons. The first-order valence-corrected chi connectivity index (χ1v) is 6.66. The number of benzene rings is 1. The van der Waals surface area contributed by atoms with Gasteiger partial charge in [-0.15, -0.1) is 0 Å². The fraction of sp³-hybridized carbons (Fsp3) is 0.250. The number of carbonyl (C=O) groups is 1. The van der Waals surface area contributed by atoms with Gasteiger partial charge in [-0.2, -0.15) is 0 Å². The Morgan fingerprint density at radius 1 is 1.30 bits per heavy atom. The van der Waals surface area contributed by atoms with Crippen LogP contribution < -0.4 is 11.3 Å². The van der Waals surface area contributed by atoms with Crippen molar-refractivity contribution in [3.8, 4) is 0 Å². The van der Waals surface area contributed by atoms with Crippen molar-refractivity contribution in [3.05, 3.63) is 38.5 Å². The van der Waals surface area contributed by atoms with E-state index in [2.05, 4.69) is 5.43 Å². The molecule has 0 atom stereocenters. The summed E-state index contributed by atoms with van der Waals surface area (Å²) in [5, 5.41) is 0.797. The van der Waals surface area contributed by atoms with E-state index in [0.29, 0.717) is 10.6 Å². The molecule has 0 fully saturated rings. The Kier molecular flexibility index (Phi) is 6.42. The summed E-state index contributed by atoms with van der Waals surface area (Å²) < 4.78 is 10.1. The molecular weight excluding hydrogens is 327 g/mol. The van der Waals surface area contributed by atoms with Crippen LogP contribution in [0.15, 0.2) is 17.8 Å². The minimum absolute atomic E-state index is 0.0672. The van der Waals surface area contributed by atoms with Crippen LogP contribution in [0.4, 0.5) is 0 Å². The van der Waals surface area contributed by atoms with E-state index >= 15 is 0 Å². The molecule has 0 saturated carbocycles. The van der Waals surface area contributed by atoms with Crippen molar-refractivity contribution in [3.63, 3.8) is 0 Å². The third-order valence-electron chi connectivity index (χ3n) is 2.29. The van der Waals surface area contributed by atoms with Crippen molar-refractivity contribution in [2.45, 2.75) is 6.92 Å². The average Bonchev–Trinajstić information content (AvgIpc) is 2.36. The highest BCUT2D eigenvalue weighted by atomic mass is 35.5. The Morgan fingerprint density at radius 2 is 1.85 bits per heavy atom. The number of rotatable bonds is 5. The van der Waals surface area contributed by atoms with Crippen LogP contribution in [0.1, 0.15) is 12.5 Å². The van der Waals surface area contributed by atoms with Crippen molar-refractivity contribution < 1.29 is 14.3 Å². The molecule has 0 bridgehead atoms. The number of hydrogen-bond donors (Lipinski definition) is 2. The second kappa shape index (κ2) is 7.59. The minimum Gasteiger partial charge on any atom is -0.494 e. The molecule has 0 aliphatic carbocycles. The summed E-state index contributed by atoms with van der Waals surface area (Å²) in [7, 11) is 1.35. The lowest BCUT2D eigenvalue weighted by Crippen LogP contribution is -2.30. The molecule has 0 unspecified atom stereocenters. The molecule has 1 rings (SSSR count). The number of nitrogens with two attached hydrogens (primary N) is 1. The standard InChI is InChI=1S/C12H13Cl3N2O3/c1-3-20-12(18)10(17-16)11(19-2)9-7(14)4-6(13)5-8(9)15/h4-5,17H,3,16H2,1-2H3. The summed E-state index contributed by atoms with van der Waals surface area (Å²) in [6, 6.07) is 2.95. The summed E-state index contributed by atoms with van der Waals surface area (Å²) in [4.78, 5) is 11.8. The van der Waals surface area contributed by atoms with E-state index in [9.17, 15) is 4.79 Å². The van der Waals surface area contributed by atoms with E-state index in [4.69, 9.17) is 50.1 Å². The van der Waals surface area contributed by atoms with Gasteiger partial charge in [-0.1, -0.05) is 34.8 Å². The zero-order valence-corrected chi connectivity index (χ0v) is 13.1. The number of esters is 1. The first kappa shape index (κ1) is 16.9. The Morgan fingerprint density at radius 3 is 2.25 bits per heavy atom. The number of hydrazine groups is 1. The van der Waals surface area contributed by atoms with Gasteiger partial charge in [0.05, 0.1) is 29.3 Å². The van der Waals surface area contributed by atoms with Crippen LogP contribution in [-0.4, -0.2) is 19.7 Å². The maximum absolute atomic E-state index is 11.8. The monoisotopic (exact) mass is 338 g/mol. The normalized spacial score (nSPS) is 11.7. The summed E-state index contributed by atoms with van der Waals surface area (Å²) in [6.07, 6.45) is 0. The number of methoxy groups -OCH3 is 1. The van der Waals surface area contributed by atoms with Gasteiger partial charge in [0.2, 0.25) is 0 Å². The summed E-state index contributed by atoms with van der Waals surface area (Å²) in [6.45, 7) is 1.85. The van der Waals surface area contributed by atoms with Gasteiger partial charge >= 0.3 is 5.97 Å².